The lowest BCUT2D eigenvalue weighted by Crippen LogP contribution is -2.22. The van der Waals surface area contributed by atoms with Gasteiger partial charge in [0.2, 0.25) is 34.8 Å². The fourth-order valence-corrected chi connectivity index (χ4v) is 2.45. The van der Waals surface area contributed by atoms with Crippen LogP contribution in [0, 0.1) is 29.1 Å². The summed E-state index contributed by atoms with van der Waals surface area (Å²) in [6.45, 7) is 0. The molecule has 0 atom stereocenters. The number of benzene rings is 2. The maximum absolute atomic E-state index is 13.6. The number of Topliss-reactive ketones (excluding diaryl/α,β-unsaturated/α-hetero) is 1. The Bertz CT molecular complexity index is 1040. The van der Waals surface area contributed by atoms with Gasteiger partial charge in [0.15, 0.2) is 0 Å². The first-order chi connectivity index (χ1) is 12.2. The van der Waals surface area contributed by atoms with E-state index in [1.165, 1.54) is 16.8 Å². The molecule has 134 valence electrons. The number of carbonyl (C=O) groups is 2. The van der Waals surface area contributed by atoms with E-state index in [1.54, 1.807) is 25.2 Å². The fourth-order valence-electron chi connectivity index (χ4n) is 2.45. The Morgan fingerprint density at radius 3 is 2.04 bits per heavy atom. The smallest absolute Gasteiger partial charge is 0.385 e. The highest BCUT2D eigenvalue weighted by molar-refractivity contribution is 6.43. The van der Waals surface area contributed by atoms with Crippen molar-refractivity contribution in [3.05, 3.63) is 65.1 Å². The number of rotatable bonds is 3. The minimum Gasteiger partial charge on any atom is -0.414 e. The number of hydrogen-bond acceptors (Lipinski definition) is 3. The van der Waals surface area contributed by atoms with E-state index in [-0.39, 0.29) is 5.56 Å². The lowest BCUT2D eigenvalue weighted by molar-refractivity contribution is -0.129. The molecule has 4 nitrogen and oxygen atoms in total. The average molecular weight is 369 g/mol. The molecule has 0 amide bonds. The molecule has 26 heavy (non-hydrogen) atoms. The lowest BCUT2D eigenvalue weighted by atomic mass is 10.1. The van der Waals surface area contributed by atoms with Crippen molar-refractivity contribution in [1.29, 1.82) is 0 Å². The van der Waals surface area contributed by atoms with E-state index >= 15 is 0 Å². The quantitative estimate of drug-likeness (QED) is 0.135. The highest BCUT2D eigenvalue weighted by Gasteiger charge is 2.31. The zero-order valence-corrected chi connectivity index (χ0v) is 12.9. The number of halogens is 5. The number of aryl methyl sites for hydroxylation is 1. The number of hydrogen-bond donors (Lipinski definition) is 0. The van der Waals surface area contributed by atoms with Gasteiger partial charge < -0.3 is 9.30 Å². The highest BCUT2D eigenvalue weighted by Crippen LogP contribution is 2.30. The monoisotopic (exact) mass is 369 g/mol. The third-order valence-corrected chi connectivity index (χ3v) is 3.69. The van der Waals surface area contributed by atoms with Crippen LogP contribution < -0.4 is 4.74 Å². The second-order valence-corrected chi connectivity index (χ2v) is 5.29. The Hall–Kier alpha value is -3.23. The van der Waals surface area contributed by atoms with Gasteiger partial charge in [-0.2, -0.15) is 8.78 Å². The Kier molecular flexibility index (Phi) is 4.23. The maximum atomic E-state index is 13.6. The second kappa shape index (κ2) is 6.25. The lowest BCUT2D eigenvalue weighted by Gasteiger charge is -2.08. The van der Waals surface area contributed by atoms with Crippen molar-refractivity contribution in [3.8, 4) is 5.75 Å². The molecule has 0 saturated heterocycles. The van der Waals surface area contributed by atoms with Gasteiger partial charge in [0, 0.05) is 24.1 Å². The molecule has 9 heteroatoms. The second-order valence-electron chi connectivity index (χ2n) is 5.29. The van der Waals surface area contributed by atoms with Crippen LogP contribution in [-0.4, -0.2) is 16.3 Å². The van der Waals surface area contributed by atoms with E-state index in [0.717, 1.165) is 0 Å². The molecule has 3 rings (SSSR count). The number of aromatic nitrogens is 1. The van der Waals surface area contributed by atoms with Crippen molar-refractivity contribution in [1.82, 2.24) is 4.57 Å². The number of ether oxygens (including phenoxy) is 1. The summed E-state index contributed by atoms with van der Waals surface area (Å²) in [6.07, 6.45) is 1.28. The van der Waals surface area contributed by atoms with Crippen LogP contribution in [0.4, 0.5) is 22.0 Å². The van der Waals surface area contributed by atoms with Crippen LogP contribution in [0.1, 0.15) is 10.4 Å². The van der Waals surface area contributed by atoms with Crippen molar-refractivity contribution in [2.24, 2.45) is 7.05 Å². The van der Waals surface area contributed by atoms with E-state index < -0.39 is 46.6 Å². The summed E-state index contributed by atoms with van der Waals surface area (Å²) in [5.74, 6) is -16.6. The summed E-state index contributed by atoms with van der Waals surface area (Å²) >= 11 is 0. The van der Waals surface area contributed by atoms with E-state index in [0.29, 0.717) is 10.9 Å². The van der Waals surface area contributed by atoms with Gasteiger partial charge >= 0.3 is 5.97 Å². The Labute approximate surface area is 142 Å². The number of para-hydroxylation sites is 1. The van der Waals surface area contributed by atoms with E-state index in [2.05, 4.69) is 4.74 Å². The summed E-state index contributed by atoms with van der Waals surface area (Å²) in [5, 5.41) is 0.356. The molecular weight excluding hydrogens is 361 g/mol. The van der Waals surface area contributed by atoms with Crippen molar-refractivity contribution in [3.63, 3.8) is 0 Å². The van der Waals surface area contributed by atoms with E-state index in [9.17, 15) is 31.5 Å². The van der Waals surface area contributed by atoms with Crippen LogP contribution in [0.2, 0.25) is 0 Å². The van der Waals surface area contributed by atoms with Crippen LogP contribution in [0.15, 0.2) is 30.5 Å². The number of carbonyl (C=O) groups excluding carboxylic acids is 2. The normalized spacial score (nSPS) is 11.0. The van der Waals surface area contributed by atoms with E-state index in [4.69, 9.17) is 0 Å². The number of esters is 1. The molecule has 0 N–H and O–H groups in total. The predicted octanol–water partition coefficient (Wildman–Crippen LogP) is 3.66. The first-order valence-electron chi connectivity index (χ1n) is 7.06. The molecule has 0 bridgehead atoms. The molecule has 0 fully saturated rings. The zero-order chi connectivity index (χ0) is 19.2. The Morgan fingerprint density at radius 1 is 0.885 bits per heavy atom. The summed E-state index contributed by atoms with van der Waals surface area (Å²) in [6, 6.07) is 6.45. The maximum Gasteiger partial charge on any atom is 0.385 e. The largest absolute Gasteiger partial charge is 0.414 e. The standard InChI is InChI=1S/C17H8F5NO3/c1-23-6-8(7-4-2-3-5-9(7)23)15(24)17(25)26-16-13(21)11(19)10(18)12(20)14(16)22/h2-6H,1H3. The molecule has 0 aliphatic rings. The van der Waals surface area contributed by atoms with Gasteiger partial charge in [-0.25, -0.2) is 18.0 Å². The molecule has 0 radical (unpaired) electrons. The van der Waals surface area contributed by atoms with Gasteiger partial charge in [-0.3, -0.25) is 4.79 Å². The van der Waals surface area contributed by atoms with Crippen molar-refractivity contribution < 1.29 is 36.3 Å². The Balaban J connectivity index is 2.00. The van der Waals surface area contributed by atoms with Crippen molar-refractivity contribution in [2.45, 2.75) is 0 Å². The Morgan fingerprint density at radius 2 is 1.42 bits per heavy atom. The minimum absolute atomic E-state index is 0.142. The van der Waals surface area contributed by atoms with Gasteiger partial charge in [-0.05, 0) is 6.07 Å². The zero-order valence-electron chi connectivity index (χ0n) is 12.9. The third-order valence-electron chi connectivity index (χ3n) is 3.69. The van der Waals surface area contributed by atoms with Gasteiger partial charge in [0.1, 0.15) is 0 Å². The van der Waals surface area contributed by atoms with Crippen LogP contribution in [-0.2, 0) is 11.8 Å². The average Bonchev–Trinajstić information content (AvgIpc) is 2.98. The van der Waals surface area contributed by atoms with Crippen LogP contribution in [0.3, 0.4) is 0 Å². The molecule has 0 saturated carbocycles. The molecule has 1 aromatic heterocycles. The first kappa shape index (κ1) is 17.6. The van der Waals surface area contributed by atoms with Crippen molar-refractivity contribution in [2.75, 3.05) is 0 Å². The van der Waals surface area contributed by atoms with Gasteiger partial charge in [-0.1, -0.05) is 18.2 Å². The van der Waals surface area contributed by atoms with Gasteiger partial charge in [0.05, 0.1) is 5.56 Å². The van der Waals surface area contributed by atoms with Crippen LogP contribution in [0.25, 0.3) is 10.9 Å². The number of ketones is 1. The van der Waals surface area contributed by atoms with E-state index in [1.807, 2.05) is 0 Å². The third kappa shape index (κ3) is 2.61. The molecule has 2 aromatic carbocycles. The molecular formula is C17H8F5NO3. The highest BCUT2D eigenvalue weighted by atomic mass is 19.2. The molecule has 0 aliphatic carbocycles. The first-order valence-corrected chi connectivity index (χ1v) is 7.06. The molecule has 0 aliphatic heterocycles. The van der Waals surface area contributed by atoms with Crippen molar-refractivity contribution >= 4 is 22.7 Å². The molecule has 3 aromatic rings. The predicted molar refractivity (Wildman–Crippen MR) is 79.1 cm³/mol. The molecule has 0 spiro atoms. The summed E-state index contributed by atoms with van der Waals surface area (Å²) in [5.41, 5.74) is 0.442. The SMILES string of the molecule is Cn1cc(C(=O)C(=O)Oc2c(F)c(F)c(F)c(F)c2F)c2ccccc21. The fraction of sp³-hybridized carbons (Fsp3) is 0.0588. The van der Waals surface area contributed by atoms with Gasteiger partial charge in [-0.15, -0.1) is 0 Å². The molecule has 1 heterocycles. The topological polar surface area (TPSA) is 48.3 Å². The number of nitrogens with zero attached hydrogens (tertiary/aromatic N) is 1. The minimum atomic E-state index is -2.40. The summed E-state index contributed by atoms with van der Waals surface area (Å²) in [7, 11) is 1.59. The summed E-state index contributed by atoms with van der Waals surface area (Å²) in [4.78, 5) is 24.2. The summed E-state index contributed by atoms with van der Waals surface area (Å²) < 4.78 is 72.1. The van der Waals surface area contributed by atoms with Crippen LogP contribution in [0.5, 0.6) is 5.75 Å². The number of fused-ring (bicyclic) bond motifs is 1. The molecule has 0 unspecified atom stereocenters. The van der Waals surface area contributed by atoms with Crippen LogP contribution >= 0.6 is 0 Å². The van der Waals surface area contributed by atoms with Gasteiger partial charge in [0.25, 0.3) is 5.78 Å².